The minimum Gasteiger partial charge on any atom is -0.506 e. The highest BCUT2D eigenvalue weighted by atomic mass is 35.5. The van der Waals surface area contributed by atoms with Gasteiger partial charge in [-0.25, -0.2) is 0 Å². The number of halogens is 1. The molecule has 1 aromatic rings. The molecule has 2 N–H and O–H groups in total. The van der Waals surface area contributed by atoms with Crippen molar-refractivity contribution in [3.63, 3.8) is 0 Å². The van der Waals surface area contributed by atoms with Crippen molar-refractivity contribution in [2.75, 3.05) is 6.54 Å². The third-order valence-corrected chi connectivity index (χ3v) is 3.05. The smallest absolute Gasteiger partial charge is 0.134 e. The summed E-state index contributed by atoms with van der Waals surface area (Å²) in [5.74, 6) is 0.124. The molecule has 94 valence electrons. The van der Waals surface area contributed by atoms with E-state index >= 15 is 0 Å². The first-order chi connectivity index (χ1) is 8.04. The van der Waals surface area contributed by atoms with Crippen molar-refractivity contribution in [1.29, 1.82) is 0 Å². The van der Waals surface area contributed by atoms with E-state index in [9.17, 15) is 5.11 Å². The molecule has 0 radical (unpaired) electrons. The van der Waals surface area contributed by atoms with Gasteiger partial charge < -0.3 is 10.4 Å². The molecule has 0 amide bonds. The zero-order valence-electron chi connectivity index (χ0n) is 10.6. The van der Waals surface area contributed by atoms with E-state index in [1.807, 2.05) is 6.07 Å². The van der Waals surface area contributed by atoms with Crippen molar-refractivity contribution in [1.82, 2.24) is 5.32 Å². The fraction of sp³-hybridized carbons (Fsp3) is 0.429. The Hall–Kier alpha value is -0.990. The summed E-state index contributed by atoms with van der Waals surface area (Å²) in [5, 5.41) is 13.2. The van der Waals surface area contributed by atoms with Gasteiger partial charge >= 0.3 is 0 Å². The van der Waals surface area contributed by atoms with Gasteiger partial charge in [0.15, 0.2) is 0 Å². The van der Waals surface area contributed by atoms with Gasteiger partial charge in [-0.1, -0.05) is 36.2 Å². The highest BCUT2D eigenvalue weighted by Gasteiger charge is 2.03. The van der Waals surface area contributed by atoms with Crippen molar-refractivity contribution in [3.8, 4) is 5.75 Å². The molecule has 0 heterocycles. The van der Waals surface area contributed by atoms with Gasteiger partial charge in [0.05, 0.1) is 5.02 Å². The Balaban J connectivity index is 2.76. The maximum absolute atomic E-state index is 9.34. The Kier molecular flexibility index (Phi) is 5.52. The average molecular weight is 254 g/mol. The number of phenols is 1. The van der Waals surface area contributed by atoms with Crippen LogP contribution < -0.4 is 5.32 Å². The normalized spacial score (nSPS) is 13.8. The summed E-state index contributed by atoms with van der Waals surface area (Å²) < 4.78 is 0. The molecule has 1 unspecified atom stereocenters. The molecule has 0 spiro atoms. The van der Waals surface area contributed by atoms with Crippen LogP contribution in [-0.4, -0.2) is 17.7 Å². The van der Waals surface area contributed by atoms with Gasteiger partial charge in [-0.15, -0.1) is 0 Å². The van der Waals surface area contributed by atoms with E-state index in [0.717, 1.165) is 18.5 Å². The molecule has 0 fully saturated rings. The van der Waals surface area contributed by atoms with Gasteiger partial charge in [0.25, 0.3) is 0 Å². The topological polar surface area (TPSA) is 32.3 Å². The van der Waals surface area contributed by atoms with E-state index in [2.05, 4.69) is 32.2 Å². The average Bonchev–Trinajstić information content (AvgIpc) is 2.30. The van der Waals surface area contributed by atoms with Crippen molar-refractivity contribution in [2.24, 2.45) is 0 Å². The number of hydrogen-bond acceptors (Lipinski definition) is 2. The molecule has 0 bridgehead atoms. The van der Waals surface area contributed by atoms with Crippen LogP contribution in [0.1, 0.15) is 32.8 Å². The number of aromatic hydroxyl groups is 1. The van der Waals surface area contributed by atoms with E-state index in [1.165, 1.54) is 5.57 Å². The molecule has 0 saturated heterocycles. The molecule has 3 heteroatoms. The third-order valence-electron chi connectivity index (χ3n) is 2.75. The summed E-state index contributed by atoms with van der Waals surface area (Å²) in [6.45, 7) is 7.40. The number of hydrogen-bond donors (Lipinski definition) is 2. The number of benzene rings is 1. The van der Waals surface area contributed by atoms with Gasteiger partial charge in [-0.2, -0.15) is 0 Å². The Labute approximate surface area is 108 Å². The molecule has 0 aromatic heterocycles. The van der Waals surface area contributed by atoms with Crippen LogP contribution in [0.15, 0.2) is 23.8 Å². The number of phenolic OH excluding ortho intramolecular Hbond substituents is 1. The van der Waals surface area contributed by atoms with E-state index in [-0.39, 0.29) is 5.75 Å². The largest absolute Gasteiger partial charge is 0.506 e. The molecular weight excluding hydrogens is 234 g/mol. The molecule has 0 aliphatic rings. The number of nitrogens with one attached hydrogen (secondary N) is 1. The van der Waals surface area contributed by atoms with Crippen LogP contribution in [0.5, 0.6) is 5.75 Å². The van der Waals surface area contributed by atoms with Crippen molar-refractivity contribution < 1.29 is 5.11 Å². The van der Waals surface area contributed by atoms with Gasteiger partial charge in [-0.05, 0) is 44.5 Å². The van der Waals surface area contributed by atoms with Crippen LogP contribution in [-0.2, 0) is 0 Å². The van der Waals surface area contributed by atoms with E-state index < -0.39 is 0 Å². The van der Waals surface area contributed by atoms with Gasteiger partial charge in [0.1, 0.15) is 5.75 Å². The Morgan fingerprint density at radius 1 is 1.53 bits per heavy atom. The summed E-state index contributed by atoms with van der Waals surface area (Å²) in [6, 6.07) is 5.60. The highest BCUT2D eigenvalue weighted by molar-refractivity contribution is 6.32. The van der Waals surface area contributed by atoms with Gasteiger partial charge in [0, 0.05) is 6.04 Å². The van der Waals surface area contributed by atoms with Gasteiger partial charge in [-0.3, -0.25) is 0 Å². The Morgan fingerprint density at radius 3 is 2.82 bits per heavy atom. The predicted octanol–water partition coefficient (Wildman–Crippen LogP) is 3.84. The first kappa shape index (κ1) is 14.1. The fourth-order valence-corrected chi connectivity index (χ4v) is 1.71. The van der Waals surface area contributed by atoms with Crippen LogP contribution in [0.4, 0.5) is 0 Å². The van der Waals surface area contributed by atoms with Crippen LogP contribution in [0.3, 0.4) is 0 Å². The molecule has 0 saturated carbocycles. The van der Waals surface area contributed by atoms with Crippen LogP contribution >= 0.6 is 11.6 Å². The second-order valence-electron chi connectivity index (χ2n) is 4.28. The van der Waals surface area contributed by atoms with Crippen LogP contribution in [0, 0.1) is 0 Å². The lowest BCUT2D eigenvalue weighted by Crippen LogP contribution is -2.27. The molecular formula is C14H20ClNO. The second-order valence-corrected chi connectivity index (χ2v) is 4.68. The lowest BCUT2D eigenvalue weighted by atomic mass is 10.1. The second kappa shape index (κ2) is 6.67. The van der Waals surface area contributed by atoms with Crippen molar-refractivity contribution >= 4 is 17.7 Å². The maximum Gasteiger partial charge on any atom is 0.134 e. The standard InChI is InChI=1S/C14H20ClNO/c1-4-7-16-11(3)10(2)8-12-5-6-14(17)13(15)9-12/h5-6,8-9,11,16-17H,4,7H2,1-3H3/b10-8+. The summed E-state index contributed by atoms with van der Waals surface area (Å²) in [5.41, 5.74) is 2.26. The van der Waals surface area contributed by atoms with Crippen molar-refractivity contribution in [2.45, 2.75) is 33.2 Å². The first-order valence-corrected chi connectivity index (χ1v) is 6.32. The molecule has 0 aliphatic carbocycles. The predicted molar refractivity (Wildman–Crippen MR) is 74.5 cm³/mol. The molecule has 1 atom stereocenters. The molecule has 2 nitrogen and oxygen atoms in total. The summed E-state index contributed by atoms with van der Waals surface area (Å²) in [7, 11) is 0. The summed E-state index contributed by atoms with van der Waals surface area (Å²) in [4.78, 5) is 0. The monoisotopic (exact) mass is 253 g/mol. The molecule has 1 aromatic carbocycles. The highest BCUT2D eigenvalue weighted by Crippen LogP contribution is 2.24. The Morgan fingerprint density at radius 2 is 2.24 bits per heavy atom. The van der Waals surface area contributed by atoms with Crippen molar-refractivity contribution in [3.05, 3.63) is 34.4 Å². The zero-order valence-corrected chi connectivity index (χ0v) is 11.4. The van der Waals surface area contributed by atoms with Crippen LogP contribution in [0.25, 0.3) is 6.08 Å². The SMILES string of the molecule is CCCNC(C)/C(C)=C/c1ccc(O)c(Cl)c1. The van der Waals surface area contributed by atoms with E-state index in [4.69, 9.17) is 11.6 Å². The van der Waals surface area contributed by atoms with Crippen LogP contribution in [0.2, 0.25) is 5.02 Å². The molecule has 0 aliphatic heterocycles. The lowest BCUT2D eigenvalue weighted by Gasteiger charge is -2.14. The fourth-order valence-electron chi connectivity index (χ4n) is 1.52. The third kappa shape index (κ3) is 4.41. The summed E-state index contributed by atoms with van der Waals surface area (Å²) in [6.07, 6.45) is 3.21. The quantitative estimate of drug-likeness (QED) is 0.836. The molecule has 1 rings (SSSR count). The zero-order chi connectivity index (χ0) is 12.8. The number of rotatable bonds is 5. The van der Waals surface area contributed by atoms with E-state index in [1.54, 1.807) is 12.1 Å². The van der Waals surface area contributed by atoms with E-state index in [0.29, 0.717) is 11.1 Å². The minimum atomic E-state index is 0.124. The summed E-state index contributed by atoms with van der Waals surface area (Å²) >= 11 is 5.87. The van der Waals surface area contributed by atoms with Gasteiger partial charge in [0.2, 0.25) is 0 Å². The minimum absolute atomic E-state index is 0.124. The first-order valence-electron chi connectivity index (χ1n) is 5.94. The Bertz CT molecular complexity index is 401. The maximum atomic E-state index is 9.34. The molecule has 17 heavy (non-hydrogen) atoms. The lowest BCUT2D eigenvalue weighted by molar-refractivity contribution is 0.475.